The highest BCUT2D eigenvalue weighted by Gasteiger charge is 2.39. The van der Waals surface area contributed by atoms with E-state index in [1.807, 2.05) is 0 Å². The van der Waals surface area contributed by atoms with Gasteiger partial charge < -0.3 is 15.4 Å². The molecule has 1 rings (SSSR count). The minimum atomic E-state index is -0.200. The van der Waals surface area contributed by atoms with E-state index in [2.05, 4.69) is 24.5 Å². The molecule has 2 N–H and O–H groups in total. The summed E-state index contributed by atoms with van der Waals surface area (Å²) in [5.41, 5.74) is -0.200. The van der Waals surface area contributed by atoms with Crippen LogP contribution in [0, 0.1) is 5.41 Å². The van der Waals surface area contributed by atoms with Crippen LogP contribution in [0.15, 0.2) is 0 Å². The summed E-state index contributed by atoms with van der Waals surface area (Å²) in [7, 11) is 1.68. The zero-order valence-electron chi connectivity index (χ0n) is 12.1. The Hall–Kier alpha value is -0.610. The summed E-state index contributed by atoms with van der Waals surface area (Å²) in [4.78, 5) is 12.5. The van der Waals surface area contributed by atoms with Crippen molar-refractivity contribution in [2.24, 2.45) is 5.41 Å². The fourth-order valence-corrected chi connectivity index (χ4v) is 2.77. The lowest BCUT2D eigenvalue weighted by Gasteiger charge is -2.37. The second kappa shape index (κ2) is 7.74. The maximum Gasteiger partial charge on any atom is 0.227 e. The summed E-state index contributed by atoms with van der Waals surface area (Å²) in [6.45, 7) is 6.67. The van der Waals surface area contributed by atoms with Crippen molar-refractivity contribution < 1.29 is 9.53 Å². The van der Waals surface area contributed by atoms with Crippen molar-refractivity contribution in [3.8, 4) is 0 Å². The van der Waals surface area contributed by atoms with Gasteiger partial charge in [-0.3, -0.25) is 4.79 Å². The van der Waals surface area contributed by atoms with E-state index < -0.39 is 0 Å². The van der Waals surface area contributed by atoms with E-state index in [-0.39, 0.29) is 17.4 Å². The second-order valence-electron chi connectivity index (χ2n) is 5.34. The molecule has 4 nitrogen and oxygen atoms in total. The van der Waals surface area contributed by atoms with Crippen molar-refractivity contribution in [1.82, 2.24) is 10.6 Å². The van der Waals surface area contributed by atoms with E-state index in [1.54, 1.807) is 7.11 Å². The lowest BCUT2D eigenvalue weighted by molar-refractivity contribution is -0.133. The number of hydrogen-bond acceptors (Lipinski definition) is 3. The monoisotopic (exact) mass is 256 g/mol. The molecule has 1 aliphatic heterocycles. The molecule has 0 saturated carbocycles. The largest absolute Gasteiger partial charge is 0.383 e. The predicted molar refractivity (Wildman–Crippen MR) is 73.5 cm³/mol. The first-order valence-electron chi connectivity index (χ1n) is 7.19. The molecule has 4 heteroatoms. The predicted octanol–water partition coefficient (Wildman–Crippen LogP) is 1.70. The summed E-state index contributed by atoms with van der Waals surface area (Å²) in [5.74, 6) is 0.209. The van der Waals surface area contributed by atoms with E-state index in [9.17, 15) is 4.79 Å². The van der Waals surface area contributed by atoms with Crippen molar-refractivity contribution in [2.75, 3.05) is 26.8 Å². The average molecular weight is 256 g/mol. The van der Waals surface area contributed by atoms with Gasteiger partial charge in [0.15, 0.2) is 0 Å². The van der Waals surface area contributed by atoms with Crippen LogP contribution in [0.4, 0.5) is 0 Å². The minimum absolute atomic E-state index is 0.137. The molecule has 18 heavy (non-hydrogen) atoms. The van der Waals surface area contributed by atoms with Crippen LogP contribution >= 0.6 is 0 Å². The third-order valence-corrected chi connectivity index (χ3v) is 3.88. The highest BCUT2D eigenvalue weighted by atomic mass is 16.5. The molecule has 2 atom stereocenters. The molecule has 1 saturated heterocycles. The van der Waals surface area contributed by atoms with E-state index >= 15 is 0 Å². The van der Waals surface area contributed by atoms with Crippen LogP contribution in [-0.4, -0.2) is 38.8 Å². The average Bonchev–Trinajstić information content (AvgIpc) is 2.39. The van der Waals surface area contributed by atoms with Gasteiger partial charge in [0.2, 0.25) is 5.91 Å². The van der Waals surface area contributed by atoms with Gasteiger partial charge in [-0.1, -0.05) is 20.3 Å². The number of piperidine rings is 1. The molecule has 1 aliphatic rings. The molecule has 0 aromatic rings. The zero-order chi connectivity index (χ0) is 13.4. The smallest absolute Gasteiger partial charge is 0.227 e. The molecular weight excluding hydrogens is 228 g/mol. The minimum Gasteiger partial charge on any atom is -0.383 e. The van der Waals surface area contributed by atoms with Crippen molar-refractivity contribution in [2.45, 2.75) is 52.0 Å². The summed E-state index contributed by atoms with van der Waals surface area (Å²) >= 11 is 0. The van der Waals surface area contributed by atoms with Crippen molar-refractivity contribution >= 4 is 5.91 Å². The van der Waals surface area contributed by atoms with E-state index in [1.165, 1.54) is 0 Å². The maximum atomic E-state index is 12.5. The Kier molecular flexibility index (Phi) is 6.65. The molecular formula is C14H28N2O2. The highest BCUT2D eigenvalue weighted by molar-refractivity contribution is 5.83. The fraction of sp³-hybridized carbons (Fsp3) is 0.929. The van der Waals surface area contributed by atoms with Gasteiger partial charge in [-0.15, -0.1) is 0 Å². The number of methoxy groups -OCH3 is 1. The first kappa shape index (κ1) is 15.4. The van der Waals surface area contributed by atoms with Gasteiger partial charge in [-0.05, 0) is 32.2 Å². The molecule has 0 radical (unpaired) electrons. The lowest BCUT2D eigenvalue weighted by Crippen LogP contribution is -2.53. The third kappa shape index (κ3) is 3.95. The number of ether oxygens (including phenoxy) is 1. The molecule has 1 amide bonds. The molecule has 0 aromatic carbocycles. The first-order chi connectivity index (χ1) is 8.68. The van der Waals surface area contributed by atoms with Crippen molar-refractivity contribution in [3.63, 3.8) is 0 Å². The van der Waals surface area contributed by atoms with Crippen LogP contribution in [0.3, 0.4) is 0 Å². The number of nitrogens with one attached hydrogen (secondary N) is 2. The van der Waals surface area contributed by atoms with Gasteiger partial charge in [0, 0.05) is 13.7 Å². The molecule has 0 spiro atoms. The Bertz CT molecular complexity index is 245. The lowest BCUT2D eigenvalue weighted by atomic mass is 9.76. The third-order valence-electron chi connectivity index (χ3n) is 3.88. The Balaban J connectivity index is 2.63. The summed E-state index contributed by atoms with van der Waals surface area (Å²) in [6.07, 6.45) is 5.03. The van der Waals surface area contributed by atoms with Crippen LogP contribution in [0.5, 0.6) is 0 Å². The Morgan fingerprint density at radius 2 is 2.28 bits per heavy atom. The number of hydrogen-bond donors (Lipinski definition) is 2. The first-order valence-corrected chi connectivity index (χ1v) is 7.19. The van der Waals surface area contributed by atoms with Crippen LogP contribution in [-0.2, 0) is 9.53 Å². The normalized spacial score (nSPS) is 25.7. The molecule has 0 aromatic heterocycles. The van der Waals surface area contributed by atoms with Gasteiger partial charge in [0.1, 0.15) is 0 Å². The summed E-state index contributed by atoms with van der Waals surface area (Å²) < 4.78 is 5.15. The quantitative estimate of drug-likeness (QED) is 0.729. The van der Waals surface area contributed by atoms with Crippen LogP contribution in [0.1, 0.15) is 46.0 Å². The number of carbonyl (C=O) groups excluding carboxylic acids is 1. The molecule has 106 valence electrons. The summed E-state index contributed by atoms with van der Waals surface area (Å²) in [5, 5.41) is 6.53. The van der Waals surface area contributed by atoms with E-state index in [0.717, 1.165) is 45.2 Å². The standard InChI is InChI=1S/C14H28N2O2/c1-4-7-14(8-6-9-15-11-14)13(17)16-12(5-2)10-18-3/h12,15H,4-11H2,1-3H3,(H,16,17). The van der Waals surface area contributed by atoms with Gasteiger partial charge in [0.25, 0.3) is 0 Å². The second-order valence-corrected chi connectivity index (χ2v) is 5.34. The number of carbonyl (C=O) groups is 1. The fourth-order valence-electron chi connectivity index (χ4n) is 2.77. The molecule has 1 heterocycles. The molecule has 0 bridgehead atoms. The van der Waals surface area contributed by atoms with Gasteiger partial charge in [0.05, 0.1) is 18.1 Å². The number of amides is 1. The maximum absolute atomic E-state index is 12.5. The Morgan fingerprint density at radius 3 is 2.78 bits per heavy atom. The van der Waals surface area contributed by atoms with E-state index in [4.69, 9.17) is 4.74 Å². The zero-order valence-corrected chi connectivity index (χ0v) is 12.1. The highest BCUT2D eigenvalue weighted by Crippen LogP contribution is 2.32. The topological polar surface area (TPSA) is 50.4 Å². The van der Waals surface area contributed by atoms with Crippen LogP contribution in [0.25, 0.3) is 0 Å². The van der Waals surface area contributed by atoms with Crippen LogP contribution < -0.4 is 10.6 Å². The number of rotatable bonds is 7. The van der Waals surface area contributed by atoms with Gasteiger partial charge in [-0.25, -0.2) is 0 Å². The summed E-state index contributed by atoms with van der Waals surface area (Å²) in [6, 6.07) is 0.137. The van der Waals surface area contributed by atoms with Gasteiger partial charge in [-0.2, -0.15) is 0 Å². The Labute approximate surface area is 111 Å². The van der Waals surface area contributed by atoms with E-state index in [0.29, 0.717) is 6.61 Å². The molecule has 1 fully saturated rings. The SMILES string of the molecule is CCCC1(C(=O)NC(CC)COC)CCCNC1. The van der Waals surface area contributed by atoms with Crippen molar-refractivity contribution in [1.29, 1.82) is 0 Å². The van der Waals surface area contributed by atoms with Gasteiger partial charge >= 0.3 is 0 Å². The van der Waals surface area contributed by atoms with Crippen LogP contribution in [0.2, 0.25) is 0 Å². The Morgan fingerprint density at radius 1 is 1.50 bits per heavy atom. The molecule has 2 unspecified atom stereocenters. The van der Waals surface area contributed by atoms with Crippen molar-refractivity contribution in [3.05, 3.63) is 0 Å². The molecule has 0 aliphatic carbocycles.